The minimum atomic E-state index is 0.140. The lowest BCUT2D eigenvalue weighted by molar-refractivity contribution is 0.0153. The van der Waals surface area contributed by atoms with Gasteiger partial charge >= 0.3 is 0 Å². The third-order valence-electron chi connectivity index (χ3n) is 2.27. The first kappa shape index (κ1) is 9.74. The molecule has 0 saturated carbocycles. The summed E-state index contributed by atoms with van der Waals surface area (Å²) in [4.78, 5) is 0. The van der Waals surface area contributed by atoms with Crippen LogP contribution < -0.4 is 0 Å². The van der Waals surface area contributed by atoms with Crippen LogP contribution in [0.5, 0.6) is 0 Å². The highest BCUT2D eigenvalue weighted by Gasteiger charge is 2.23. The highest BCUT2D eigenvalue weighted by molar-refractivity contribution is 6.16. The fourth-order valence-electron chi connectivity index (χ4n) is 1.50. The number of hydrogen-bond donors (Lipinski definition) is 0. The Bertz CT molecular complexity index is 169. The summed E-state index contributed by atoms with van der Waals surface area (Å²) in [7, 11) is 1.10. The second-order valence-electron chi connectivity index (χ2n) is 3.54. The van der Waals surface area contributed by atoms with Gasteiger partial charge in [-0.1, -0.05) is 18.2 Å². The van der Waals surface area contributed by atoms with Gasteiger partial charge in [-0.25, -0.2) is 0 Å². The van der Waals surface area contributed by atoms with E-state index < -0.39 is 0 Å². The predicted octanol–water partition coefficient (Wildman–Crippen LogP) is 1.38. The third kappa shape index (κ3) is 2.95. The van der Waals surface area contributed by atoms with Gasteiger partial charge in [-0.15, -0.1) is 6.58 Å². The average molecular weight is 182 g/mol. The van der Waals surface area contributed by atoms with E-state index in [2.05, 4.69) is 18.7 Å². The molecule has 0 aromatic heterocycles. The van der Waals surface area contributed by atoms with E-state index in [0.717, 1.165) is 23.3 Å². The Morgan fingerprint density at radius 1 is 1.50 bits per heavy atom. The van der Waals surface area contributed by atoms with Gasteiger partial charge in [0.15, 0.2) is 0 Å². The summed E-state index contributed by atoms with van der Waals surface area (Å²) in [6, 6.07) is 0. The van der Waals surface area contributed by atoms with Crippen LogP contribution in [0, 0.1) is 0 Å². The van der Waals surface area contributed by atoms with Crippen molar-refractivity contribution in [2.24, 2.45) is 0 Å². The minimum Gasteiger partial charge on any atom is -0.376 e. The van der Waals surface area contributed by atoms with Gasteiger partial charge in [-0.3, -0.25) is 0 Å². The summed E-state index contributed by atoms with van der Waals surface area (Å²) >= 11 is 0. The lowest BCUT2D eigenvalue weighted by atomic mass is 10.1. The van der Waals surface area contributed by atoms with Crippen molar-refractivity contribution in [2.45, 2.75) is 30.9 Å². The quantitative estimate of drug-likeness (QED) is 0.473. The van der Waals surface area contributed by atoms with Crippen molar-refractivity contribution in [1.29, 1.82) is 0 Å². The summed E-state index contributed by atoms with van der Waals surface area (Å²) < 4.78 is 5.75. The molecule has 1 aliphatic heterocycles. The van der Waals surface area contributed by atoms with Gasteiger partial charge in [0.1, 0.15) is 0 Å². The van der Waals surface area contributed by atoms with Crippen LogP contribution in [0.3, 0.4) is 0 Å². The highest BCUT2D eigenvalue weighted by Crippen LogP contribution is 2.22. The Hall–Kier alpha value is -0.343. The van der Waals surface area contributed by atoms with E-state index in [0.29, 0.717) is 0 Å². The van der Waals surface area contributed by atoms with Gasteiger partial charge in [0, 0.05) is 16.8 Å². The van der Waals surface area contributed by atoms with Crippen molar-refractivity contribution in [1.82, 2.24) is 0 Å². The molecule has 0 aliphatic carbocycles. The first-order valence-corrected chi connectivity index (χ1v) is 5.69. The number of rotatable bonds is 3. The van der Waals surface area contributed by atoms with Crippen molar-refractivity contribution in [3.05, 3.63) is 24.8 Å². The molecule has 1 fully saturated rings. The van der Waals surface area contributed by atoms with Crippen LogP contribution in [-0.2, 0) is 4.74 Å². The van der Waals surface area contributed by atoms with Crippen LogP contribution >= 0.6 is 0 Å². The number of hydrogen-bond acceptors (Lipinski definition) is 1. The molecule has 0 bridgehead atoms. The Morgan fingerprint density at radius 2 is 2.33 bits per heavy atom. The van der Waals surface area contributed by atoms with Gasteiger partial charge in [-0.2, -0.15) is 0 Å². The van der Waals surface area contributed by atoms with E-state index in [1.165, 1.54) is 19.3 Å². The highest BCUT2D eigenvalue weighted by atomic mass is 28.1. The maximum Gasteiger partial charge on any atom is 0.0656 e. The monoisotopic (exact) mass is 182 g/mol. The molecule has 1 rings (SSSR count). The minimum absolute atomic E-state index is 0.140. The molecule has 12 heavy (non-hydrogen) atoms. The van der Waals surface area contributed by atoms with Gasteiger partial charge in [-0.05, 0) is 25.7 Å². The molecule has 0 amide bonds. The molecule has 0 aromatic rings. The average Bonchev–Trinajstić information content (AvgIpc) is 2.06. The van der Waals surface area contributed by atoms with Gasteiger partial charge in [0.05, 0.1) is 5.22 Å². The maximum atomic E-state index is 5.75. The molecule has 0 radical (unpaired) electrons. The summed E-state index contributed by atoms with van der Waals surface area (Å²) in [6.07, 6.45) is 11.1. The Kier molecular flexibility index (Phi) is 3.76. The lowest BCUT2D eigenvalue weighted by Gasteiger charge is -2.31. The number of ether oxygens (including phenoxy) is 1. The predicted molar refractivity (Wildman–Crippen MR) is 56.4 cm³/mol. The first-order chi connectivity index (χ1) is 5.77. The van der Waals surface area contributed by atoms with Gasteiger partial charge in [0.2, 0.25) is 0 Å². The molecule has 2 heteroatoms. The summed E-state index contributed by atoms with van der Waals surface area (Å²) in [5.41, 5.74) is 0. The molecule has 0 spiro atoms. The molecular formula is C10H18OSi. The van der Waals surface area contributed by atoms with E-state index in [4.69, 9.17) is 4.74 Å². The van der Waals surface area contributed by atoms with Crippen LogP contribution in [0.4, 0.5) is 0 Å². The van der Waals surface area contributed by atoms with Crippen LogP contribution in [0.15, 0.2) is 24.8 Å². The molecule has 1 aliphatic rings. The molecule has 0 aromatic carbocycles. The van der Waals surface area contributed by atoms with E-state index in [1.54, 1.807) is 0 Å². The topological polar surface area (TPSA) is 9.23 Å². The van der Waals surface area contributed by atoms with Crippen molar-refractivity contribution in [3.63, 3.8) is 0 Å². The molecule has 1 atom stereocenters. The zero-order valence-corrected chi connectivity index (χ0v) is 9.88. The van der Waals surface area contributed by atoms with E-state index in [9.17, 15) is 0 Å². The molecule has 68 valence electrons. The van der Waals surface area contributed by atoms with E-state index >= 15 is 0 Å². The molecule has 0 N–H and O–H groups in total. The Labute approximate surface area is 77.9 Å². The molecule has 1 nitrogen and oxygen atoms in total. The fraction of sp³-hybridized carbons (Fsp3) is 0.600. The van der Waals surface area contributed by atoms with Crippen LogP contribution in [-0.4, -0.2) is 22.1 Å². The second kappa shape index (κ2) is 4.63. The zero-order chi connectivity index (χ0) is 8.86. The van der Waals surface area contributed by atoms with Gasteiger partial charge in [0.25, 0.3) is 0 Å². The Balaban J connectivity index is 2.40. The van der Waals surface area contributed by atoms with Crippen molar-refractivity contribution >= 4 is 10.2 Å². The van der Waals surface area contributed by atoms with Crippen molar-refractivity contribution in [3.8, 4) is 0 Å². The molecule has 1 unspecified atom stereocenters. The van der Waals surface area contributed by atoms with E-state index in [-0.39, 0.29) is 5.22 Å². The SMILES string of the molecule is C=CCC=CC1([SiH3])CCCCO1. The summed E-state index contributed by atoms with van der Waals surface area (Å²) in [6.45, 7) is 4.63. The largest absolute Gasteiger partial charge is 0.376 e. The standard InChI is InChI=1S/C10H18OSi/c1-2-3-4-7-10(12)8-5-6-9-11-10/h2,4,7H,1,3,5-6,8-9H2,12H3. The molecule has 1 saturated heterocycles. The maximum absolute atomic E-state index is 5.75. The van der Waals surface area contributed by atoms with Crippen LogP contribution in [0.2, 0.25) is 0 Å². The molecule has 1 heterocycles. The van der Waals surface area contributed by atoms with Gasteiger partial charge < -0.3 is 4.74 Å². The van der Waals surface area contributed by atoms with Crippen LogP contribution in [0.25, 0.3) is 0 Å². The first-order valence-electron chi connectivity index (χ1n) is 4.69. The smallest absolute Gasteiger partial charge is 0.0656 e. The van der Waals surface area contributed by atoms with Crippen molar-refractivity contribution < 1.29 is 4.74 Å². The molecular weight excluding hydrogens is 164 g/mol. The Morgan fingerprint density at radius 3 is 2.92 bits per heavy atom. The second-order valence-corrected chi connectivity index (χ2v) is 5.24. The summed E-state index contributed by atoms with van der Waals surface area (Å²) in [5, 5.41) is 0.140. The zero-order valence-electron chi connectivity index (χ0n) is 7.88. The summed E-state index contributed by atoms with van der Waals surface area (Å²) in [5.74, 6) is 0. The number of allylic oxidation sites excluding steroid dienone is 2. The fourth-order valence-corrected chi connectivity index (χ4v) is 2.29. The van der Waals surface area contributed by atoms with E-state index in [1.807, 2.05) is 6.08 Å². The van der Waals surface area contributed by atoms with Crippen LogP contribution in [0.1, 0.15) is 25.7 Å². The van der Waals surface area contributed by atoms with Crippen molar-refractivity contribution in [2.75, 3.05) is 6.61 Å². The third-order valence-corrected chi connectivity index (χ3v) is 3.39. The lowest BCUT2D eigenvalue weighted by Crippen LogP contribution is -2.34. The normalized spacial score (nSPS) is 31.0.